The Labute approximate surface area is 425 Å². The summed E-state index contributed by atoms with van der Waals surface area (Å²) < 4.78 is 169. The Morgan fingerprint density at radius 3 is 1.21 bits per heavy atom. The van der Waals surface area contributed by atoms with Gasteiger partial charge in [0.25, 0.3) is 36.3 Å². The first-order valence-electron chi connectivity index (χ1n) is 18.2. The summed E-state index contributed by atoms with van der Waals surface area (Å²) >= 11 is 17.7. The summed E-state index contributed by atoms with van der Waals surface area (Å²) in [5, 5.41) is 43.4. The molecule has 408 valence electrons. The second-order valence-electron chi connectivity index (χ2n) is 14.2. The van der Waals surface area contributed by atoms with E-state index in [1.54, 1.807) is 0 Å². The van der Waals surface area contributed by atoms with Crippen molar-refractivity contribution in [3.63, 3.8) is 0 Å². The first-order valence-corrected chi connectivity index (χ1v) is 27.2. The van der Waals surface area contributed by atoms with E-state index in [9.17, 15) is 90.4 Å². The van der Waals surface area contributed by atoms with Crippen molar-refractivity contribution >= 4 is 142 Å². The maximum Gasteiger partial charge on any atom is 0.295 e. The molecular formula is C34H41Cl3F6N12O14S4. The fourth-order valence-electron chi connectivity index (χ4n) is 5.96. The van der Waals surface area contributed by atoms with E-state index >= 15 is 0 Å². The minimum absolute atomic E-state index is 0. The minimum atomic E-state index is -4.48. The molecule has 3 N–H and O–H groups in total. The highest BCUT2D eigenvalue weighted by molar-refractivity contribution is 8.09. The molecule has 73 heavy (non-hydrogen) atoms. The summed E-state index contributed by atoms with van der Waals surface area (Å²) in [6.45, 7) is -2.86. The number of aromatic nitrogens is 6. The molecule has 3 aromatic heterocycles. The van der Waals surface area contributed by atoms with Crippen LogP contribution in [-0.2, 0) is 59.5 Å². The van der Waals surface area contributed by atoms with Gasteiger partial charge in [0.2, 0.25) is 30.1 Å². The van der Waals surface area contributed by atoms with Gasteiger partial charge in [-0.3, -0.25) is 35.1 Å². The largest absolute Gasteiger partial charge is 0.382 e. The molecule has 6 rings (SSSR count). The maximum atomic E-state index is 12.8. The van der Waals surface area contributed by atoms with Gasteiger partial charge in [0, 0.05) is 30.7 Å². The van der Waals surface area contributed by atoms with E-state index in [0.29, 0.717) is 21.9 Å². The van der Waals surface area contributed by atoms with Gasteiger partial charge in [-0.2, -0.15) is 15.3 Å². The number of nitro groups is 3. The third kappa shape index (κ3) is 17.0. The summed E-state index contributed by atoms with van der Waals surface area (Å²) in [5.41, 5.74) is 3.10. The number of benzene rings is 3. The van der Waals surface area contributed by atoms with E-state index in [1.807, 2.05) is 4.72 Å². The lowest BCUT2D eigenvalue weighted by Crippen LogP contribution is -2.35. The Morgan fingerprint density at radius 2 is 0.877 bits per heavy atom. The lowest BCUT2D eigenvalue weighted by molar-refractivity contribution is -0.383. The van der Waals surface area contributed by atoms with Crippen LogP contribution in [0.15, 0.2) is 36.4 Å². The van der Waals surface area contributed by atoms with Crippen molar-refractivity contribution in [1.82, 2.24) is 29.3 Å². The SMILES string of the molecule is C.C.CS(=O)(=O)N(c1nn(CC(F)F)c2c([N+](=O)[O-])ccc(Cl)c12)S(C)(=O)=O.CS(=O)(=O)Nc1nn(CC(F)F)c2c([N+](=O)[O-])ccc(Cl)c12.CS(C)(=O)=O.Nc1nn(CC(F)F)c2c([N+](=O)[O-])ccc(Cl)c12. The number of rotatable bonds is 14. The Hall–Kier alpha value is -6.08. The molecule has 0 spiro atoms. The fraction of sp³-hybridized carbons (Fsp3) is 0.382. The molecule has 0 atom stereocenters. The number of hydrogen-bond donors (Lipinski definition) is 2. The Kier molecular flexibility index (Phi) is 22.0. The van der Waals surface area contributed by atoms with Gasteiger partial charge in [-0.1, -0.05) is 49.7 Å². The standard InChI is InChI=1S/C11H11ClF2N4O6S2.C10H9ClF2N4O4S.C9H7ClF2N4O2.C2H6O2S.2CH4/c1-25(21,22)18(26(2,23)24)11-9-6(12)3-4-7(17(19)20)10(9)16(15-11)5-8(13)14;1-22(20,21)15-10-8-5(11)2-3-6(17(18)19)9(8)16(14-10)4-7(12)13;10-4-1-2-5(16(17)18)8-7(4)9(13)14-15(8)3-6(11)12;1-5(2,3)4;;/h3-4,8H,5H2,1-2H3;2-3,7H,4H2,1H3,(H,14,15);1-2,6H,3H2,(H2,13,14);1-2H3;2*1H4. The molecule has 39 heteroatoms. The van der Waals surface area contributed by atoms with E-state index in [4.69, 9.17) is 40.5 Å². The molecular weight excluding hydrogens is 1150 g/mol. The maximum absolute atomic E-state index is 12.8. The molecule has 0 amide bonds. The van der Waals surface area contributed by atoms with Crippen molar-refractivity contribution in [3.8, 4) is 0 Å². The molecule has 6 aromatic rings. The van der Waals surface area contributed by atoms with Gasteiger partial charge in [-0.05, 0) is 18.2 Å². The number of nitrogens with two attached hydrogens (primary N) is 1. The highest BCUT2D eigenvalue weighted by atomic mass is 35.5. The van der Waals surface area contributed by atoms with E-state index in [0.717, 1.165) is 47.7 Å². The molecule has 3 heterocycles. The van der Waals surface area contributed by atoms with Crippen LogP contribution in [0.25, 0.3) is 32.7 Å². The van der Waals surface area contributed by atoms with Crippen molar-refractivity contribution in [2.45, 2.75) is 53.8 Å². The van der Waals surface area contributed by atoms with Gasteiger partial charge in [0.15, 0.2) is 17.5 Å². The number of nitrogens with zero attached hydrogens (tertiary/aromatic N) is 10. The highest BCUT2D eigenvalue weighted by Crippen LogP contribution is 2.41. The van der Waals surface area contributed by atoms with Gasteiger partial charge >= 0.3 is 0 Å². The Bertz CT molecular complexity index is 3470. The van der Waals surface area contributed by atoms with Crippen LogP contribution >= 0.6 is 34.8 Å². The second kappa shape index (κ2) is 24.8. The third-order valence-electron chi connectivity index (χ3n) is 8.05. The molecule has 0 aliphatic carbocycles. The van der Waals surface area contributed by atoms with Crippen molar-refractivity contribution < 1.29 is 74.8 Å². The lowest BCUT2D eigenvalue weighted by Gasteiger charge is -2.17. The number of hydrogen-bond acceptors (Lipinski definition) is 18. The number of non-ortho nitro benzene ring substituents is 3. The number of anilines is 3. The predicted octanol–water partition coefficient (Wildman–Crippen LogP) is 7.20. The van der Waals surface area contributed by atoms with E-state index in [2.05, 4.69) is 15.3 Å². The van der Waals surface area contributed by atoms with E-state index < -0.39 is 122 Å². The Balaban J connectivity index is 0.000000522. The van der Waals surface area contributed by atoms with Crippen LogP contribution in [0.3, 0.4) is 0 Å². The zero-order valence-electron chi connectivity index (χ0n) is 36.1. The van der Waals surface area contributed by atoms with Crippen LogP contribution in [0.1, 0.15) is 14.9 Å². The van der Waals surface area contributed by atoms with Crippen molar-refractivity contribution in [2.75, 3.05) is 45.4 Å². The summed E-state index contributed by atoms with van der Waals surface area (Å²) in [4.78, 5) is 30.8. The molecule has 0 fully saturated rings. The number of sulfone groups is 1. The van der Waals surface area contributed by atoms with Crippen LogP contribution in [0.4, 0.5) is 60.9 Å². The van der Waals surface area contributed by atoms with E-state index in [1.165, 1.54) is 12.1 Å². The Morgan fingerprint density at radius 1 is 0.575 bits per heavy atom. The number of nitrogens with one attached hydrogen (secondary N) is 1. The van der Waals surface area contributed by atoms with Crippen LogP contribution in [0, 0.1) is 30.3 Å². The predicted molar refractivity (Wildman–Crippen MR) is 261 cm³/mol. The molecule has 0 saturated carbocycles. The fourth-order valence-corrected chi connectivity index (χ4v) is 10.0. The highest BCUT2D eigenvalue weighted by Gasteiger charge is 2.36. The van der Waals surface area contributed by atoms with Crippen molar-refractivity contribution in [3.05, 3.63) is 81.8 Å². The third-order valence-corrected chi connectivity index (χ3v) is 12.7. The first-order chi connectivity index (χ1) is 32.3. The number of fused-ring (bicyclic) bond motifs is 3. The van der Waals surface area contributed by atoms with E-state index in [-0.39, 0.29) is 72.8 Å². The number of sulfonamides is 3. The van der Waals surface area contributed by atoms with Crippen LogP contribution < -0.4 is 14.2 Å². The van der Waals surface area contributed by atoms with Crippen molar-refractivity contribution in [2.24, 2.45) is 0 Å². The lowest BCUT2D eigenvalue weighted by atomic mass is 10.2. The number of nitro benzene ring substituents is 3. The van der Waals surface area contributed by atoms with Crippen LogP contribution in [-0.4, -0.2) is 128 Å². The summed E-state index contributed by atoms with van der Waals surface area (Å²) in [6.07, 6.45) is -4.29. The van der Waals surface area contributed by atoms with Gasteiger partial charge in [-0.15, -0.1) is 3.71 Å². The molecule has 0 radical (unpaired) electrons. The summed E-state index contributed by atoms with van der Waals surface area (Å²) in [6, 6.07) is 6.56. The molecule has 0 unspecified atom stereocenters. The van der Waals surface area contributed by atoms with Crippen molar-refractivity contribution in [1.29, 1.82) is 0 Å². The summed E-state index contributed by atoms with van der Waals surface area (Å²) in [5.74, 6) is -1.27. The topological polar surface area (TPSA) is 361 Å². The molecule has 26 nitrogen and oxygen atoms in total. The molecule has 3 aromatic carbocycles. The first kappa shape index (κ1) is 64.9. The van der Waals surface area contributed by atoms with Gasteiger partial charge in [-0.25, -0.2) is 74.1 Å². The van der Waals surface area contributed by atoms with Gasteiger partial charge < -0.3 is 5.73 Å². The number of nitrogen functional groups attached to an aromatic ring is 1. The average Bonchev–Trinajstić information content (AvgIpc) is 3.80. The molecule has 0 bridgehead atoms. The van der Waals surface area contributed by atoms with Crippen LogP contribution in [0.5, 0.6) is 0 Å². The second-order valence-corrected chi connectivity index (χ2v) is 23.3. The zero-order valence-corrected chi connectivity index (χ0v) is 41.7. The normalized spacial score (nSPS) is 11.7. The zero-order chi connectivity index (χ0) is 54.6. The molecule has 0 aliphatic rings. The monoisotopic (exact) mass is 1190 g/mol. The molecule has 0 saturated heterocycles. The quantitative estimate of drug-likeness (QED) is 0.0618. The van der Waals surface area contributed by atoms with Gasteiger partial charge in [0.05, 0.1) is 64.8 Å². The number of halogens is 9. The average molecular weight is 1190 g/mol. The van der Waals surface area contributed by atoms with Gasteiger partial charge in [0.1, 0.15) is 46.0 Å². The molecule has 0 aliphatic heterocycles. The smallest absolute Gasteiger partial charge is 0.295 e. The minimum Gasteiger partial charge on any atom is -0.382 e. The summed E-state index contributed by atoms with van der Waals surface area (Å²) in [7, 11) is -15.4. The van der Waals surface area contributed by atoms with Crippen LogP contribution in [0.2, 0.25) is 15.1 Å². The number of alkyl halides is 6.